The standard InChI is InChI=1S/C9H18S/c1-4-5-6-9(7-10)8(2)3/h4-5,8-10H,6-7H2,1-3H3. The van der Waals surface area contributed by atoms with Gasteiger partial charge in [0.15, 0.2) is 0 Å². The summed E-state index contributed by atoms with van der Waals surface area (Å²) >= 11 is 4.29. The molecule has 0 fully saturated rings. The van der Waals surface area contributed by atoms with E-state index >= 15 is 0 Å². The Hall–Kier alpha value is 0.0900. The molecule has 0 bridgehead atoms. The van der Waals surface area contributed by atoms with Gasteiger partial charge in [-0.25, -0.2) is 0 Å². The van der Waals surface area contributed by atoms with E-state index in [-0.39, 0.29) is 0 Å². The number of thiol groups is 1. The molecule has 0 saturated carbocycles. The van der Waals surface area contributed by atoms with Gasteiger partial charge in [0.1, 0.15) is 0 Å². The molecule has 1 unspecified atom stereocenters. The van der Waals surface area contributed by atoms with Gasteiger partial charge in [0.05, 0.1) is 0 Å². The van der Waals surface area contributed by atoms with Crippen molar-refractivity contribution in [3.8, 4) is 0 Å². The summed E-state index contributed by atoms with van der Waals surface area (Å²) in [7, 11) is 0. The maximum Gasteiger partial charge on any atom is -0.00641 e. The molecule has 0 rings (SSSR count). The van der Waals surface area contributed by atoms with Crippen LogP contribution in [0.1, 0.15) is 27.2 Å². The van der Waals surface area contributed by atoms with Gasteiger partial charge in [0.25, 0.3) is 0 Å². The smallest absolute Gasteiger partial charge is 0.00641 e. The Labute approximate surface area is 70.1 Å². The first-order chi connectivity index (χ1) is 4.72. The molecule has 0 aliphatic carbocycles. The highest BCUT2D eigenvalue weighted by Crippen LogP contribution is 2.16. The summed E-state index contributed by atoms with van der Waals surface area (Å²) in [6.45, 7) is 6.57. The first-order valence-corrected chi connectivity index (χ1v) is 4.57. The van der Waals surface area contributed by atoms with E-state index in [0.29, 0.717) is 0 Å². The highest BCUT2D eigenvalue weighted by molar-refractivity contribution is 7.80. The predicted molar refractivity (Wildman–Crippen MR) is 51.6 cm³/mol. The minimum absolute atomic E-state index is 0.750. The largest absolute Gasteiger partial charge is 0.179 e. The van der Waals surface area contributed by atoms with Gasteiger partial charge in [-0.3, -0.25) is 0 Å². The van der Waals surface area contributed by atoms with Crippen LogP contribution in [0.5, 0.6) is 0 Å². The lowest BCUT2D eigenvalue weighted by molar-refractivity contribution is 0.432. The van der Waals surface area contributed by atoms with Crippen molar-refractivity contribution in [2.75, 3.05) is 5.75 Å². The minimum Gasteiger partial charge on any atom is -0.179 e. The zero-order chi connectivity index (χ0) is 7.98. The average molecular weight is 158 g/mol. The van der Waals surface area contributed by atoms with Gasteiger partial charge in [-0.1, -0.05) is 26.0 Å². The van der Waals surface area contributed by atoms with Gasteiger partial charge in [-0.2, -0.15) is 12.6 Å². The quantitative estimate of drug-likeness (QED) is 0.471. The van der Waals surface area contributed by atoms with Crippen molar-refractivity contribution < 1.29 is 0 Å². The second-order valence-corrected chi connectivity index (χ2v) is 3.36. The van der Waals surface area contributed by atoms with E-state index in [1.165, 1.54) is 6.42 Å². The van der Waals surface area contributed by atoms with Crippen LogP contribution in [0.15, 0.2) is 12.2 Å². The van der Waals surface area contributed by atoms with Gasteiger partial charge in [-0.15, -0.1) is 0 Å². The fraction of sp³-hybridized carbons (Fsp3) is 0.778. The normalized spacial score (nSPS) is 14.9. The SMILES string of the molecule is CC=CCC(CS)C(C)C. The van der Waals surface area contributed by atoms with Crippen molar-refractivity contribution >= 4 is 12.6 Å². The highest BCUT2D eigenvalue weighted by Gasteiger charge is 2.08. The lowest BCUT2D eigenvalue weighted by atomic mass is 9.94. The molecule has 1 atom stereocenters. The van der Waals surface area contributed by atoms with Crippen molar-refractivity contribution in [1.82, 2.24) is 0 Å². The Bertz CT molecular complexity index is 94.9. The fourth-order valence-electron chi connectivity index (χ4n) is 0.868. The van der Waals surface area contributed by atoms with Gasteiger partial charge < -0.3 is 0 Å². The second-order valence-electron chi connectivity index (χ2n) is 2.99. The van der Waals surface area contributed by atoms with E-state index in [1.54, 1.807) is 0 Å². The van der Waals surface area contributed by atoms with Gasteiger partial charge >= 0.3 is 0 Å². The number of allylic oxidation sites excluding steroid dienone is 2. The van der Waals surface area contributed by atoms with Crippen LogP contribution in [0.25, 0.3) is 0 Å². The molecule has 0 aromatic carbocycles. The van der Waals surface area contributed by atoms with Crippen LogP contribution in [-0.2, 0) is 0 Å². The van der Waals surface area contributed by atoms with E-state index in [4.69, 9.17) is 0 Å². The average Bonchev–Trinajstić information content (AvgIpc) is 1.89. The van der Waals surface area contributed by atoms with Crippen molar-refractivity contribution in [2.24, 2.45) is 11.8 Å². The van der Waals surface area contributed by atoms with Gasteiger partial charge in [-0.05, 0) is 30.9 Å². The zero-order valence-electron chi connectivity index (χ0n) is 7.17. The summed E-state index contributed by atoms with van der Waals surface area (Å²) in [6, 6.07) is 0. The highest BCUT2D eigenvalue weighted by atomic mass is 32.1. The summed E-state index contributed by atoms with van der Waals surface area (Å²) in [5.74, 6) is 2.51. The van der Waals surface area contributed by atoms with E-state index in [0.717, 1.165) is 17.6 Å². The van der Waals surface area contributed by atoms with Crippen LogP contribution in [0.4, 0.5) is 0 Å². The molecule has 0 heterocycles. The molecule has 0 radical (unpaired) electrons. The lowest BCUT2D eigenvalue weighted by Gasteiger charge is -2.15. The Morgan fingerprint density at radius 1 is 1.40 bits per heavy atom. The maximum absolute atomic E-state index is 4.29. The number of hydrogen-bond acceptors (Lipinski definition) is 1. The van der Waals surface area contributed by atoms with E-state index in [1.807, 2.05) is 0 Å². The summed E-state index contributed by atoms with van der Waals surface area (Å²) < 4.78 is 0. The Morgan fingerprint density at radius 3 is 2.30 bits per heavy atom. The van der Waals surface area contributed by atoms with Crippen molar-refractivity contribution in [1.29, 1.82) is 0 Å². The van der Waals surface area contributed by atoms with Crippen molar-refractivity contribution in [3.05, 3.63) is 12.2 Å². The molecule has 60 valence electrons. The Balaban J connectivity index is 3.60. The number of rotatable bonds is 4. The predicted octanol–water partition coefficient (Wildman–Crippen LogP) is 3.15. The third-order valence-electron chi connectivity index (χ3n) is 1.85. The maximum atomic E-state index is 4.29. The molecule has 0 N–H and O–H groups in total. The van der Waals surface area contributed by atoms with Crippen LogP contribution in [-0.4, -0.2) is 5.75 Å². The molecule has 0 saturated heterocycles. The molecule has 0 aromatic rings. The van der Waals surface area contributed by atoms with Crippen LogP contribution in [0, 0.1) is 11.8 Å². The number of hydrogen-bond donors (Lipinski definition) is 1. The van der Waals surface area contributed by atoms with Crippen LogP contribution >= 0.6 is 12.6 Å². The van der Waals surface area contributed by atoms with E-state index < -0.39 is 0 Å². The fourth-order valence-corrected chi connectivity index (χ4v) is 1.44. The molecule has 0 nitrogen and oxygen atoms in total. The summed E-state index contributed by atoms with van der Waals surface area (Å²) in [5.41, 5.74) is 0. The molecular weight excluding hydrogens is 140 g/mol. The third kappa shape index (κ3) is 3.99. The van der Waals surface area contributed by atoms with E-state index in [9.17, 15) is 0 Å². The summed E-state index contributed by atoms with van der Waals surface area (Å²) in [6.07, 6.45) is 5.51. The van der Waals surface area contributed by atoms with Crippen LogP contribution in [0.2, 0.25) is 0 Å². The van der Waals surface area contributed by atoms with Crippen molar-refractivity contribution in [2.45, 2.75) is 27.2 Å². The molecule has 0 amide bonds. The Kier molecular flexibility index (Phi) is 5.90. The topological polar surface area (TPSA) is 0 Å². The van der Waals surface area contributed by atoms with Crippen molar-refractivity contribution in [3.63, 3.8) is 0 Å². The molecule has 0 spiro atoms. The molecule has 0 aliphatic heterocycles. The minimum atomic E-state index is 0.750. The third-order valence-corrected chi connectivity index (χ3v) is 2.32. The zero-order valence-corrected chi connectivity index (χ0v) is 8.07. The molecule has 1 heteroatoms. The molecule has 10 heavy (non-hydrogen) atoms. The monoisotopic (exact) mass is 158 g/mol. The van der Waals surface area contributed by atoms with Crippen LogP contribution < -0.4 is 0 Å². The van der Waals surface area contributed by atoms with Gasteiger partial charge in [0, 0.05) is 0 Å². The molecular formula is C9H18S. The van der Waals surface area contributed by atoms with Crippen LogP contribution in [0.3, 0.4) is 0 Å². The molecule has 0 aromatic heterocycles. The first kappa shape index (κ1) is 10.1. The molecule has 0 aliphatic rings. The lowest BCUT2D eigenvalue weighted by Crippen LogP contribution is -2.08. The first-order valence-electron chi connectivity index (χ1n) is 3.94. The van der Waals surface area contributed by atoms with E-state index in [2.05, 4.69) is 45.6 Å². The summed E-state index contributed by atoms with van der Waals surface area (Å²) in [5, 5.41) is 0. The van der Waals surface area contributed by atoms with Gasteiger partial charge in [0.2, 0.25) is 0 Å². The Morgan fingerprint density at radius 2 is 2.00 bits per heavy atom. The second kappa shape index (κ2) is 5.84. The summed E-state index contributed by atoms with van der Waals surface area (Å²) in [4.78, 5) is 0.